The summed E-state index contributed by atoms with van der Waals surface area (Å²) in [5, 5.41) is 12.8. The number of anilines is 1. The highest BCUT2D eigenvalue weighted by Crippen LogP contribution is 2.31. The van der Waals surface area contributed by atoms with Crippen LogP contribution < -0.4 is 14.5 Å². The molecule has 0 spiro atoms. The summed E-state index contributed by atoms with van der Waals surface area (Å²) in [6.45, 7) is -0.549. The Kier molecular flexibility index (Phi) is 7.42. The molecule has 0 aliphatic carbocycles. The lowest BCUT2D eigenvalue weighted by atomic mass is 10.1. The molecule has 3 aromatic rings. The smallest absolute Gasteiger partial charge is 0.335 e. The van der Waals surface area contributed by atoms with Crippen molar-refractivity contribution in [1.29, 1.82) is 0 Å². The normalized spacial score (nSPS) is 11.2. The Morgan fingerprint density at radius 1 is 1.00 bits per heavy atom. The fraction of sp³-hybridized carbons (Fsp3) is 0.0870. The van der Waals surface area contributed by atoms with Crippen LogP contribution in [0.1, 0.15) is 15.9 Å². The van der Waals surface area contributed by atoms with Gasteiger partial charge in [-0.15, -0.1) is 0 Å². The Morgan fingerprint density at radius 3 is 2.27 bits per heavy atom. The van der Waals surface area contributed by atoms with E-state index in [9.17, 15) is 18.0 Å². The zero-order valence-corrected chi connectivity index (χ0v) is 18.4. The molecule has 170 valence electrons. The van der Waals surface area contributed by atoms with Crippen molar-refractivity contribution in [2.45, 2.75) is 4.90 Å². The molecule has 0 aliphatic heterocycles. The maximum atomic E-state index is 13.3. The molecule has 0 saturated heterocycles. The lowest BCUT2D eigenvalue weighted by molar-refractivity contribution is -0.119. The molecule has 0 saturated carbocycles. The van der Waals surface area contributed by atoms with E-state index in [-0.39, 0.29) is 21.9 Å². The van der Waals surface area contributed by atoms with Gasteiger partial charge >= 0.3 is 5.97 Å². The van der Waals surface area contributed by atoms with Gasteiger partial charge in [0.2, 0.25) is 0 Å². The van der Waals surface area contributed by atoms with Gasteiger partial charge < -0.3 is 9.84 Å². The summed E-state index contributed by atoms with van der Waals surface area (Å²) in [7, 11) is -2.68. The first kappa shape index (κ1) is 23.5. The molecule has 0 atom stereocenters. The second kappa shape index (κ2) is 10.4. The number of hydrogen-bond donors (Lipinski definition) is 2. The van der Waals surface area contributed by atoms with Gasteiger partial charge in [0.05, 0.1) is 29.5 Å². The highest BCUT2D eigenvalue weighted by Gasteiger charge is 2.29. The van der Waals surface area contributed by atoms with Gasteiger partial charge in [-0.2, -0.15) is 5.10 Å². The lowest BCUT2D eigenvalue weighted by Gasteiger charge is -2.25. The van der Waals surface area contributed by atoms with Gasteiger partial charge in [-0.3, -0.25) is 9.10 Å². The van der Waals surface area contributed by atoms with Gasteiger partial charge in [-0.1, -0.05) is 42.5 Å². The maximum absolute atomic E-state index is 13.3. The van der Waals surface area contributed by atoms with Crippen LogP contribution in [0.2, 0.25) is 0 Å². The minimum Gasteiger partial charge on any atom is -0.495 e. The molecule has 3 rings (SSSR count). The first-order valence-electron chi connectivity index (χ1n) is 9.69. The number of hydrazone groups is 1. The standard InChI is InChI=1S/C23H21N3O6S/c1-32-21-10-6-5-9-20(21)26(33(30,31)19-7-3-2-4-8-19)16-22(27)25-24-15-17-11-13-18(14-12-17)23(28)29/h2-15H,16H2,1H3,(H,25,27)(H,28,29)/b24-15-. The van der Waals surface area contributed by atoms with Crippen molar-refractivity contribution in [3.05, 3.63) is 90.0 Å². The van der Waals surface area contributed by atoms with Crippen molar-refractivity contribution < 1.29 is 27.9 Å². The number of methoxy groups -OCH3 is 1. The zero-order valence-electron chi connectivity index (χ0n) is 17.6. The number of ether oxygens (including phenoxy) is 1. The molecule has 0 aromatic heterocycles. The molecule has 0 bridgehead atoms. The van der Waals surface area contributed by atoms with Crippen LogP contribution in [0.15, 0.2) is 88.9 Å². The van der Waals surface area contributed by atoms with Crippen LogP contribution in [-0.2, 0) is 14.8 Å². The van der Waals surface area contributed by atoms with Gasteiger partial charge in [-0.25, -0.2) is 18.6 Å². The topological polar surface area (TPSA) is 125 Å². The third-order valence-corrected chi connectivity index (χ3v) is 6.31. The summed E-state index contributed by atoms with van der Waals surface area (Å²) in [6, 6.07) is 20.1. The Balaban J connectivity index is 1.83. The van der Waals surface area contributed by atoms with Crippen molar-refractivity contribution in [3.63, 3.8) is 0 Å². The summed E-state index contributed by atoms with van der Waals surface area (Å²) in [6.07, 6.45) is 1.32. The van der Waals surface area contributed by atoms with E-state index in [0.717, 1.165) is 4.31 Å². The SMILES string of the molecule is COc1ccccc1N(CC(=O)N/N=C\c1ccc(C(=O)O)cc1)S(=O)(=O)c1ccccc1. The number of nitrogens with zero attached hydrogens (tertiary/aromatic N) is 2. The minimum absolute atomic E-state index is 0.0192. The number of amides is 1. The number of carbonyl (C=O) groups is 2. The quantitative estimate of drug-likeness (QED) is 0.368. The molecule has 0 aliphatic rings. The van der Waals surface area contributed by atoms with Crippen LogP contribution >= 0.6 is 0 Å². The Morgan fingerprint density at radius 2 is 1.64 bits per heavy atom. The number of hydrogen-bond acceptors (Lipinski definition) is 6. The van der Waals surface area contributed by atoms with Crippen LogP contribution in [0.4, 0.5) is 5.69 Å². The van der Waals surface area contributed by atoms with E-state index in [4.69, 9.17) is 9.84 Å². The van der Waals surface area contributed by atoms with Crippen molar-refractivity contribution in [3.8, 4) is 5.75 Å². The van der Waals surface area contributed by atoms with E-state index in [1.165, 1.54) is 49.7 Å². The molecular formula is C23H21N3O6S. The van der Waals surface area contributed by atoms with E-state index >= 15 is 0 Å². The molecule has 0 fully saturated rings. The fourth-order valence-corrected chi connectivity index (χ4v) is 4.36. The van der Waals surface area contributed by atoms with E-state index in [2.05, 4.69) is 10.5 Å². The number of carbonyl (C=O) groups excluding carboxylic acids is 1. The third-order valence-electron chi connectivity index (χ3n) is 4.53. The summed E-state index contributed by atoms with van der Waals surface area (Å²) in [5.41, 5.74) is 3.17. The molecule has 33 heavy (non-hydrogen) atoms. The van der Waals surface area contributed by atoms with E-state index < -0.39 is 28.4 Å². The molecule has 9 nitrogen and oxygen atoms in total. The third kappa shape index (κ3) is 5.74. The van der Waals surface area contributed by atoms with Gasteiger partial charge in [0.25, 0.3) is 15.9 Å². The molecule has 2 N–H and O–H groups in total. The van der Waals surface area contributed by atoms with Crippen molar-refractivity contribution in [2.75, 3.05) is 18.0 Å². The number of rotatable bonds is 9. The second-order valence-corrected chi connectivity index (χ2v) is 8.58. The molecule has 0 radical (unpaired) electrons. The van der Waals surface area contributed by atoms with Crippen LogP contribution in [0, 0.1) is 0 Å². The fourth-order valence-electron chi connectivity index (χ4n) is 2.91. The Labute approximate surface area is 191 Å². The molecule has 0 unspecified atom stereocenters. The first-order chi connectivity index (χ1) is 15.8. The highest BCUT2D eigenvalue weighted by molar-refractivity contribution is 7.92. The van der Waals surface area contributed by atoms with Crippen LogP contribution in [0.25, 0.3) is 0 Å². The second-order valence-electron chi connectivity index (χ2n) is 6.72. The first-order valence-corrected chi connectivity index (χ1v) is 11.1. The van der Waals surface area contributed by atoms with Crippen LogP contribution in [0.3, 0.4) is 0 Å². The lowest BCUT2D eigenvalue weighted by Crippen LogP contribution is -2.39. The molecule has 10 heteroatoms. The summed E-state index contributed by atoms with van der Waals surface area (Å²) < 4.78 is 32.9. The minimum atomic E-state index is -4.09. The van der Waals surface area contributed by atoms with Gasteiger partial charge in [0.1, 0.15) is 12.3 Å². The van der Waals surface area contributed by atoms with Crippen LogP contribution in [-0.4, -0.2) is 45.3 Å². The van der Waals surface area contributed by atoms with Crippen molar-refractivity contribution in [2.24, 2.45) is 5.10 Å². The molecule has 0 heterocycles. The number of para-hydroxylation sites is 2. The van der Waals surface area contributed by atoms with Gasteiger partial charge in [0, 0.05) is 0 Å². The maximum Gasteiger partial charge on any atom is 0.335 e. The summed E-state index contributed by atoms with van der Waals surface area (Å²) in [4.78, 5) is 23.5. The highest BCUT2D eigenvalue weighted by atomic mass is 32.2. The van der Waals surface area contributed by atoms with Gasteiger partial charge in [0.15, 0.2) is 0 Å². The summed E-state index contributed by atoms with van der Waals surface area (Å²) >= 11 is 0. The van der Waals surface area contributed by atoms with Crippen molar-refractivity contribution in [1.82, 2.24) is 5.43 Å². The number of sulfonamides is 1. The molecular weight excluding hydrogens is 446 g/mol. The zero-order chi connectivity index (χ0) is 23.8. The number of carboxylic acid groups (broad SMARTS) is 1. The largest absolute Gasteiger partial charge is 0.495 e. The Hall–Kier alpha value is -4.18. The number of aromatic carboxylic acids is 1. The van der Waals surface area contributed by atoms with Crippen LogP contribution in [0.5, 0.6) is 5.75 Å². The monoisotopic (exact) mass is 467 g/mol. The van der Waals surface area contributed by atoms with Crippen molar-refractivity contribution >= 4 is 33.8 Å². The van der Waals surface area contributed by atoms with E-state index in [1.807, 2.05) is 0 Å². The molecule has 1 amide bonds. The van der Waals surface area contributed by atoms with E-state index in [0.29, 0.717) is 5.56 Å². The number of carboxylic acids is 1. The number of nitrogens with one attached hydrogen (secondary N) is 1. The predicted molar refractivity (Wildman–Crippen MR) is 123 cm³/mol. The van der Waals surface area contributed by atoms with Gasteiger partial charge in [-0.05, 0) is 42.0 Å². The summed E-state index contributed by atoms with van der Waals surface area (Å²) in [5.74, 6) is -1.45. The average Bonchev–Trinajstić information content (AvgIpc) is 2.83. The number of benzene rings is 3. The Bertz CT molecular complexity index is 1260. The molecule has 3 aromatic carbocycles. The predicted octanol–water partition coefficient (Wildman–Crippen LogP) is 2.74. The average molecular weight is 468 g/mol. The van der Waals surface area contributed by atoms with E-state index in [1.54, 1.807) is 42.5 Å².